The SMILES string of the molecule is CCCCC(CCCC)(CC(N)=O)C1CCCCC1. The molecule has 1 aliphatic rings. The second-order valence-electron chi connectivity index (χ2n) is 6.55. The molecule has 1 saturated carbocycles. The van der Waals surface area contributed by atoms with Gasteiger partial charge in [-0.05, 0) is 37.0 Å². The monoisotopic (exact) mass is 267 g/mol. The second-order valence-corrected chi connectivity index (χ2v) is 6.55. The molecule has 0 saturated heterocycles. The maximum Gasteiger partial charge on any atom is 0.217 e. The average molecular weight is 267 g/mol. The summed E-state index contributed by atoms with van der Waals surface area (Å²) < 4.78 is 0. The minimum absolute atomic E-state index is 0.0854. The van der Waals surface area contributed by atoms with Crippen molar-refractivity contribution in [2.24, 2.45) is 17.1 Å². The topological polar surface area (TPSA) is 43.1 Å². The lowest BCUT2D eigenvalue weighted by Gasteiger charge is -2.43. The fraction of sp³-hybridized carbons (Fsp3) is 0.941. The third kappa shape index (κ3) is 5.16. The van der Waals surface area contributed by atoms with E-state index >= 15 is 0 Å². The van der Waals surface area contributed by atoms with Gasteiger partial charge in [-0.15, -0.1) is 0 Å². The van der Waals surface area contributed by atoms with Crippen molar-refractivity contribution in [2.75, 3.05) is 0 Å². The van der Waals surface area contributed by atoms with E-state index in [1.807, 2.05) is 0 Å². The lowest BCUT2D eigenvalue weighted by Crippen LogP contribution is -2.36. The van der Waals surface area contributed by atoms with Crippen LogP contribution in [0.2, 0.25) is 0 Å². The zero-order valence-corrected chi connectivity index (χ0v) is 13.0. The molecule has 0 spiro atoms. The Kier molecular flexibility index (Phi) is 7.48. The molecule has 2 heteroatoms. The Morgan fingerprint density at radius 2 is 1.58 bits per heavy atom. The molecule has 0 heterocycles. The first-order chi connectivity index (χ1) is 9.14. The lowest BCUT2D eigenvalue weighted by molar-refractivity contribution is -0.122. The van der Waals surface area contributed by atoms with Crippen LogP contribution in [0.25, 0.3) is 0 Å². The fourth-order valence-corrected chi connectivity index (χ4v) is 3.97. The molecule has 1 aliphatic carbocycles. The Bertz CT molecular complexity index is 248. The third-order valence-electron chi connectivity index (χ3n) is 5.05. The van der Waals surface area contributed by atoms with Crippen LogP contribution in [0.1, 0.15) is 90.9 Å². The van der Waals surface area contributed by atoms with E-state index in [-0.39, 0.29) is 11.3 Å². The average Bonchev–Trinajstić information content (AvgIpc) is 2.42. The molecule has 1 rings (SSSR count). The zero-order chi connectivity index (χ0) is 14.1. The van der Waals surface area contributed by atoms with Crippen molar-refractivity contribution in [1.29, 1.82) is 0 Å². The minimum atomic E-state index is -0.0854. The highest BCUT2D eigenvalue weighted by atomic mass is 16.1. The van der Waals surface area contributed by atoms with Crippen molar-refractivity contribution in [3.8, 4) is 0 Å². The van der Waals surface area contributed by atoms with E-state index in [9.17, 15) is 4.79 Å². The molecule has 0 radical (unpaired) electrons. The van der Waals surface area contributed by atoms with Gasteiger partial charge in [0.1, 0.15) is 0 Å². The number of hydrogen-bond donors (Lipinski definition) is 1. The second kappa shape index (κ2) is 8.60. The summed E-state index contributed by atoms with van der Waals surface area (Å²) in [5, 5.41) is 0. The van der Waals surface area contributed by atoms with Crippen LogP contribution >= 0.6 is 0 Å². The minimum Gasteiger partial charge on any atom is -0.370 e. The van der Waals surface area contributed by atoms with Gasteiger partial charge in [-0.25, -0.2) is 0 Å². The first-order valence-corrected chi connectivity index (χ1v) is 8.43. The van der Waals surface area contributed by atoms with Gasteiger partial charge in [0.25, 0.3) is 0 Å². The summed E-state index contributed by atoms with van der Waals surface area (Å²) in [5.74, 6) is 0.657. The molecule has 0 unspecified atom stereocenters. The number of rotatable bonds is 9. The molecule has 0 atom stereocenters. The van der Waals surface area contributed by atoms with E-state index in [1.54, 1.807) is 0 Å². The van der Waals surface area contributed by atoms with Crippen LogP contribution in [0.5, 0.6) is 0 Å². The summed E-state index contributed by atoms with van der Waals surface area (Å²) in [7, 11) is 0. The molecular weight excluding hydrogens is 234 g/mol. The molecule has 0 aromatic heterocycles. The fourth-order valence-electron chi connectivity index (χ4n) is 3.97. The number of nitrogens with two attached hydrogens (primary N) is 1. The highest BCUT2D eigenvalue weighted by Crippen LogP contribution is 2.48. The van der Waals surface area contributed by atoms with E-state index in [0.29, 0.717) is 6.42 Å². The first kappa shape index (κ1) is 16.5. The van der Waals surface area contributed by atoms with E-state index < -0.39 is 0 Å². The highest BCUT2D eigenvalue weighted by Gasteiger charge is 2.39. The molecule has 1 fully saturated rings. The van der Waals surface area contributed by atoms with Crippen LogP contribution in [0.15, 0.2) is 0 Å². The smallest absolute Gasteiger partial charge is 0.217 e. The maximum atomic E-state index is 11.6. The summed E-state index contributed by atoms with van der Waals surface area (Å²) in [4.78, 5) is 11.6. The van der Waals surface area contributed by atoms with Crippen molar-refractivity contribution in [3.63, 3.8) is 0 Å². The molecule has 0 aliphatic heterocycles. The number of carbonyl (C=O) groups is 1. The standard InChI is InChI=1S/C17H33NO/c1-3-5-12-17(13-6-4-2,14-16(18)19)15-10-8-7-9-11-15/h15H,3-14H2,1-2H3,(H2,18,19). The van der Waals surface area contributed by atoms with E-state index in [2.05, 4.69) is 13.8 Å². The van der Waals surface area contributed by atoms with Crippen LogP contribution in [0, 0.1) is 11.3 Å². The van der Waals surface area contributed by atoms with Crippen LogP contribution in [0.3, 0.4) is 0 Å². The predicted molar refractivity (Wildman–Crippen MR) is 81.9 cm³/mol. The Labute approximate surface area is 119 Å². The number of unbranched alkanes of at least 4 members (excludes halogenated alkanes) is 2. The number of primary amides is 1. The Hall–Kier alpha value is -0.530. The van der Waals surface area contributed by atoms with Crippen LogP contribution in [0.4, 0.5) is 0 Å². The quantitative estimate of drug-likeness (QED) is 0.640. The lowest BCUT2D eigenvalue weighted by atomic mass is 9.62. The molecular formula is C17H33NO. The third-order valence-corrected chi connectivity index (χ3v) is 5.05. The summed E-state index contributed by atoms with van der Waals surface area (Å²) >= 11 is 0. The van der Waals surface area contributed by atoms with Gasteiger partial charge in [-0.1, -0.05) is 58.8 Å². The predicted octanol–water partition coefficient (Wildman–Crippen LogP) is 4.81. The Morgan fingerprint density at radius 3 is 2.00 bits per heavy atom. The van der Waals surface area contributed by atoms with E-state index in [4.69, 9.17) is 5.73 Å². The van der Waals surface area contributed by atoms with Crippen molar-refractivity contribution in [1.82, 2.24) is 0 Å². The van der Waals surface area contributed by atoms with Gasteiger partial charge in [0.05, 0.1) is 0 Å². The van der Waals surface area contributed by atoms with Gasteiger partial charge in [-0.3, -0.25) is 4.79 Å². The van der Waals surface area contributed by atoms with Gasteiger partial charge in [0.15, 0.2) is 0 Å². The Balaban J connectivity index is 2.82. The summed E-state index contributed by atoms with van der Waals surface area (Å²) in [5.41, 5.74) is 5.81. The van der Waals surface area contributed by atoms with Crippen LogP contribution in [-0.2, 0) is 4.79 Å². The van der Waals surface area contributed by atoms with Crippen molar-refractivity contribution >= 4 is 5.91 Å². The van der Waals surface area contributed by atoms with E-state index in [0.717, 1.165) is 5.92 Å². The molecule has 2 nitrogen and oxygen atoms in total. The zero-order valence-electron chi connectivity index (χ0n) is 13.0. The molecule has 1 amide bonds. The van der Waals surface area contributed by atoms with Gasteiger partial charge in [0, 0.05) is 6.42 Å². The summed E-state index contributed by atoms with van der Waals surface area (Å²) in [6.07, 6.45) is 14.7. The van der Waals surface area contributed by atoms with Gasteiger partial charge < -0.3 is 5.73 Å². The van der Waals surface area contributed by atoms with Crippen LogP contribution in [-0.4, -0.2) is 5.91 Å². The van der Waals surface area contributed by atoms with Crippen molar-refractivity contribution < 1.29 is 4.79 Å². The number of amides is 1. The highest BCUT2D eigenvalue weighted by molar-refractivity contribution is 5.74. The largest absolute Gasteiger partial charge is 0.370 e. The van der Waals surface area contributed by atoms with Crippen molar-refractivity contribution in [2.45, 2.75) is 90.9 Å². The number of carbonyl (C=O) groups excluding carboxylic acids is 1. The van der Waals surface area contributed by atoms with Crippen molar-refractivity contribution in [3.05, 3.63) is 0 Å². The summed E-state index contributed by atoms with van der Waals surface area (Å²) in [6, 6.07) is 0. The normalized spacial score (nSPS) is 17.6. The first-order valence-electron chi connectivity index (χ1n) is 8.43. The number of hydrogen-bond acceptors (Lipinski definition) is 1. The molecule has 0 aromatic carbocycles. The molecule has 0 aromatic rings. The van der Waals surface area contributed by atoms with Gasteiger partial charge in [0.2, 0.25) is 5.91 Å². The maximum absolute atomic E-state index is 11.6. The molecule has 19 heavy (non-hydrogen) atoms. The molecule has 2 N–H and O–H groups in total. The summed E-state index contributed by atoms with van der Waals surface area (Å²) in [6.45, 7) is 4.49. The van der Waals surface area contributed by atoms with Gasteiger partial charge >= 0.3 is 0 Å². The van der Waals surface area contributed by atoms with Gasteiger partial charge in [-0.2, -0.15) is 0 Å². The Morgan fingerprint density at radius 1 is 1.05 bits per heavy atom. The molecule has 0 bridgehead atoms. The van der Waals surface area contributed by atoms with E-state index in [1.165, 1.54) is 70.6 Å². The molecule has 112 valence electrons. The van der Waals surface area contributed by atoms with Crippen LogP contribution < -0.4 is 5.73 Å².